The van der Waals surface area contributed by atoms with Crippen LogP contribution >= 0.6 is 0 Å². The zero-order valence-electron chi connectivity index (χ0n) is 13.1. The molecule has 4 heteroatoms. The summed E-state index contributed by atoms with van der Waals surface area (Å²) in [4.78, 5) is 11.3. The van der Waals surface area contributed by atoms with Crippen molar-refractivity contribution in [2.45, 2.75) is 33.5 Å². The Labute approximate surface area is 127 Å². The molecule has 0 atom stereocenters. The van der Waals surface area contributed by atoms with E-state index < -0.39 is 0 Å². The quantitative estimate of drug-likeness (QED) is 0.848. The van der Waals surface area contributed by atoms with Crippen LogP contribution in [-0.4, -0.2) is 28.5 Å². The number of nitrogens with one attached hydrogen (secondary N) is 1. The molecule has 0 saturated carbocycles. The summed E-state index contributed by atoms with van der Waals surface area (Å²) in [5.74, 6) is 0. The van der Waals surface area contributed by atoms with Gasteiger partial charge in [-0.2, -0.15) is 0 Å². The maximum Gasteiger partial charge on any atom is 0.0547 e. The van der Waals surface area contributed by atoms with Crippen LogP contribution in [0.4, 0.5) is 0 Å². The first-order valence-corrected chi connectivity index (χ1v) is 7.43. The van der Waals surface area contributed by atoms with Crippen molar-refractivity contribution in [3.63, 3.8) is 0 Å². The molecule has 1 N–H and O–H groups in total. The van der Waals surface area contributed by atoms with Crippen LogP contribution in [0.15, 0.2) is 36.5 Å². The Morgan fingerprint density at radius 1 is 1.10 bits per heavy atom. The highest BCUT2D eigenvalue weighted by molar-refractivity contribution is 5.14. The second-order valence-corrected chi connectivity index (χ2v) is 5.38. The van der Waals surface area contributed by atoms with E-state index >= 15 is 0 Å². The van der Waals surface area contributed by atoms with Gasteiger partial charge in [-0.15, -0.1) is 0 Å². The van der Waals surface area contributed by atoms with Gasteiger partial charge >= 0.3 is 0 Å². The number of pyridine rings is 2. The van der Waals surface area contributed by atoms with Crippen LogP contribution in [0.25, 0.3) is 0 Å². The Balaban J connectivity index is 1.88. The summed E-state index contributed by atoms with van der Waals surface area (Å²) in [6.45, 7) is 7.66. The van der Waals surface area contributed by atoms with Crippen molar-refractivity contribution in [1.29, 1.82) is 0 Å². The van der Waals surface area contributed by atoms with E-state index in [0.717, 1.165) is 43.3 Å². The summed E-state index contributed by atoms with van der Waals surface area (Å²) < 4.78 is 0. The molecule has 0 aromatic carbocycles. The molecule has 112 valence electrons. The topological polar surface area (TPSA) is 41.0 Å². The predicted molar refractivity (Wildman–Crippen MR) is 85.8 cm³/mol. The number of nitrogens with zero attached hydrogens (tertiary/aromatic N) is 3. The van der Waals surface area contributed by atoms with Gasteiger partial charge in [0.2, 0.25) is 0 Å². The molecule has 0 radical (unpaired) electrons. The predicted octanol–water partition coefficient (Wildman–Crippen LogP) is 2.53. The lowest BCUT2D eigenvalue weighted by molar-refractivity contribution is 0.311. The molecule has 0 aliphatic carbocycles. The molecule has 0 bridgehead atoms. The van der Waals surface area contributed by atoms with E-state index in [1.807, 2.05) is 19.2 Å². The molecule has 2 aromatic heterocycles. The van der Waals surface area contributed by atoms with Crippen LogP contribution in [0, 0.1) is 6.92 Å². The number of aryl methyl sites for hydroxylation is 1. The molecule has 0 amide bonds. The minimum atomic E-state index is 0.830. The minimum Gasteiger partial charge on any atom is -0.313 e. The largest absolute Gasteiger partial charge is 0.313 e. The van der Waals surface area contributed by atoms with Gasteiger partial charge in [0.15, 0.2) is 0 Å². The van der Waals surface area contributed by atoms with Gasteiger partial charge < -0.3 is 5.32 Å². The summed E-state index contributed by atoms with van der Waals surface area (Å²) in [6, 6.07) is 10.4. The SMILES string of the molecule is CCNCc1ccc(CN(C)Cc2cccc(C)n2)nc1. The first kappa shape index (κ1) is 15.6. The maximum atomic E-state index is 4.53. The number of aromatic nitrogens is 2. The van der Waals surface area contributed by atoms with Gasteiger partial charge in [0, 0.05) is 31.5 Å². The second kappa shape index (κ2) is 7.86. The third-order valence-corrected chi connectivity index (χ3v) is 3.27. The van der Waals surface area contributed by atoms with Gasteiger partial charge in [0.1, 0.15) is 0 Å². The van der Waals surface area contributed by atoms with Crippen molar-refractivity contribution in [2.75, 3.05) is 13.6 Å². The van der Waals surface area contributed by atoms with Crippen LogP contribution in [0.1, 0.15) is 29.6 Å². The fraction of sp³-hybridized carbons (Fsp3) is 0.412. The average molecular weight is 284 g/mol. The second-order valence-electron chi connectivity index (χ2n) is 5.38. The van der Waals surface area contributed by atoms with Crippen molar-refractivity contribution in [2.24, 2.45) is 0 Å². The molecule has 4 nitrogen and oxygen atoms in total. The van der Waals surface area contributed by atoms with Crippen molar-refractivity contribution >= 4 is 0 Å². The fourth-order valence-electron chi connectivity index (χ4n) is 2.22. The molecule has 2 aromatic rings. The van der Waals surface area contributed by atoms with E-state index in [0.29, 0.717) is 0 Å². The smallest absolute Gasteiger partial charge is 0.0547 e. The van der Waals surface area contributed by atoms with Crippen molar-refractivity contribution in [3.05, 3.63) is 59.2 Å². The van der Waals surface area contributed by atoms with Gasteiger partial charge in [-0.1, -0.05) is 19.1 Å². The zero-order chi connectivity index (χ0) is 15.1. The van der Waals surface area contributed by atoms with E-state index in [2.05, 4.69) is 58.4 Å². The van der Waals surface area contributed by atoms with Crippen LogP contribution in [-0.2, 0) is 19.6 Å². The lowest BCUT2D eigenvalue weighted by Gasteiger charge is -2.16. The maximum absolute atomic E-state index is 4.53. The van der Waals surface area contributed by atoms with Crippen molar-refractivity contribution in [3.8, 4) is 0 Å². The molecular weight excluding hydrogens is 260 g/mol. The van der Waals surface area contributed by atoms with E-state index in [-0.39, 0.29) is 0 Å². The standard InChI is InChI=1S/C17H24N4/c1-4-18-10-15-8-9-16(19-11-15)12-21(3)13-17-7-5-6-14(2)20-17/h5-9,11,18H,4,10,12-13H2,1-3H3. The van der Waals surface area contributed by atoms with Crippen LogP contribution in [0.2, 0.25) is 0 Å². The Kier molecular flexibility index (Phi) is 5.84. The van der Waals surface area contributed by atoms with Crippen molar-refractivity contribution < 1.29 is 0 Å². The molecular formula is C17H24N4. The highest BCUT2D eigenvalue weighted by Crippen LogP contribution is 2.07. The monoisotopic (exact) mass is 284 g/mol. The Hall–Kier alpha value is -1.78. The first-order chi connectivity index (χ1) is 10.2. The third kappa shape index (κ3) is 5.25. The number of hydrogen-bond donors (Lipinski definition) is 1. The number of rotatable bonds is 7. The summed E-state index contributed by atoms with van der Waals surface area (Å²) in [5.41, 5.74) is 4.47. The van der Waals surface area contributed by atoms with Crippen molar-refractivity contribution in [1.82, 2.24) is 20.2 Å². The summed E-state index contributed by atoms with van der Waals surface area (Å²) in [6.07, 6.45) is 1.96. The minimum absolute atomic E-state index is 0.830. The normalized spacial score (nSPS) is 11.0. The molecule has 2 heterocycles. The molecule has 0 saturated heterocycles. The van der Waals surface area contributed by atoms with Gasteiger partial charge in [-0.25, -0.2) is 0 Å². The third-order valence-electron chi connectivity index (χ3n) is 3.27. The Morgan fingerprint density at radius 3 is 2.57 bits per heavy atom. The van der Waals surface area contributed by atoms with Crippen LogP contribution in [0.5, 0.6) is 0 Å². The first-order valence-electron chi connectivity index (χ1n) is 7.43. The Bertz CT molecular complexity index is 551. The summed E-state index contributed by atoms with van der Waals surface area (Å²) >= 11 is 0. The van der Waals surface area contributed by atoms with E-state index in [1.165, 1.54) is 5.56 Å². The van der Waals surface area contributed by atoms with Crippen LogP contribution in [0.3, 0.4) is 0 Å². The highest BCUT2D eigenvalue weighted by atomic mass is 15.1. The molecule has 0 aliphatic heterocycles. The summed E-state index contributed by atoms with van der Waals surface area (Å²) in [5, 5.41) is 3.30. The highest BCUT2D eigenvalue weighted by Gasteiger charge is 2.04. The van der Waals surface area contributed by atoms with E-state index in [4.69, 9.17) is 0 Å². The molecule has 0 spiro atoms. The molecule has 0 unspecified atom stereocenters. The van der Waals surface area contributed by atoms with Gasteiger partial charge in [0.25, 0.3) is 0 Å². The van der Waals surface area contributed by atoms with Gasteiger partial charge in [0.05, 0.1) is 11.4 Å². The fourth-order valence-corrected chi connectivity index (χ4v) is 2.22. The zero-order valence-corrected chi connectivity index (χ0v) is 13.1. The van der Waals surface area contributed by atoms with E-state index in [1.54, 1.807) is 0 Å². The molecule has 2 rings (SSSR count). The average Bonchev–Trinajstić information content (AvgIpc) is 2.46. The van der Waals surface area contributed by atoms with E-state index in [9.17, 15) is 0 Å². The molecule has 21 heavy (non-hydrogen) atoms. The number of hydrogen-bond acceptors (Lipinski definition) is 4. The van der Waals surface area contributed by atoms with Gasteiger partial charge in [-0.3, -0.25) is 14.9 Å². The summed E-state index contributed by atoms with van der Waals surface area (Å²) in [7, 11) is 2.10. The Morgan fingerprint density at radius 2 is 1.90 bits per heavy atom. The van der Waals surface area contributed by atoms with Crippen LogP contribution < -0.4 is 5.32 Å². The molecule has 0 fully saturated rings. The van der Waals surface area contributed by atoms with Gasteiger partial charge in [-0.05, 0) is 44.3 Å². The lowest BCUT2D eigenvalue weighted by Crippen LogP contribution is -2.19. The lowest BCUT2D eigenvalue weighted by atomic mass is 10.2. The molecule has 0 aliphatic rings.